The first-order valence-corrected chi connectivity index (χ1v) is 6.97. The Morgan fingerprint density at radius 2 is 2.10 bits per heavy atom. The van der Waals surface area contributed by atoms with Crippen LogP contribution in [-0.4, -0.2) is 40.9 Å². The van der Waals surface area contributed by atoms with Crippen LogP contribution in [0, 0.1) is 11.7 Å². The standard InChI is InChI=1S/C15H20FN3O2/c1-10(2)7-21-8-11(20)6-17-15-14-12(16)4-3-5-13(14)18-9-19-15/h3-5,9-11,20H,6-8H2,1-2H3,(H,17,18,19). The number of halogens is 1. The Balaban J connectivity index is 1.97. The molecule has 1 atom stereocenters. The number of aliphatic hydroxyl groups is 1. The minimum Gasteiger partial charge on any atom is -0.389 e. The first-order valence-electron chi connectivity index (χ1n) is 6.97. The van der Waals surface area contributed by atoms with Gasteiger partial charge in [-0.15, -0.1) is 0 Å². The molecule has 2 rings (SSSR count). The van der Waals surface area contributed by atoms with Gasteiger partial charge in [-0.3, -0.25) is 0 Å². The van der Waals surface area contributed by atoms with E-state index in [-0.39, 0.29) is 19.0 Å². The Bertz CT molecular complexity index is 587. The van der Waals surface area contributed by atoms with E-state index in [1.54, 1.807) is 12.1 Å². The summed E-state index contributed by atoms with van der Waals surface area (Å²) in [6.45, 7) is 5.15. The van der Waals surface area contributed by atoms with Gasteiger partial charge in [0.05, 0.1) is 23.6 Å². The zero-order valence-electron chi connectivity index (χ0n) is 12.2. The molecule has 0 aliphatic heterocycles. The van der Waals surface area contributed by atoms with Crippen LogP contribution in [0.5, 0.6) is 0 Å². The summed E-state index contributed by atoms with van der Waals surface area (Å²) >= 11 is 0. The zero-order valence-corrected chi connectivity index (χ0v) is 12.2. The van der Waals surface area contributed by atoms with Gasteiger partial charge < -0.3 is 15.2 Å². The molecule has 0 aliphatic rings. The van der Waals surface area contributed by atoms with Crippen LogP contribution in [0.1, 0.15) is 13.8 Å². The smallest absolute Gasteiger partial charge is 0.140 e. The molecule has 6 heteroatoms. The van der Waals surface area contributed by atoms with E-state index in [1.165, 1.54) is 12.4 Å². The molecule has 0 saturated carbocycles. The Labute approximate surface area is 123 Å². The summed E-state index contributed by atoms with van der Waals surface area (Å²) < 4.78 is 19.2. The van der Waals surface area contributed by atoms with Crippen molar-refractivity contribution in [1.82, 2.24) is 9.97 Å². The molecule has 1 unspecified atom stereocenters. The highest BCUT2D eigenvalue weighted by Crippen LogP contribution is 2.21. The molecule has 2 N–H and O–H groups in total. The lowest BCUT2D eigenvalue weighted by Gasteiger charge is -2.14. The number of nitrogens with one attached hydrogen (secondary N) is 1. The van der Waals surface area contributed by atoms with Crippen molar-refractivity contribution in [2.45, 2.75) is 20.0 Å². The Morgan fingerprint density at radius 3 is 2.86 bits per heavy atom. The predicted octanol–water partition coefficient (Wildman–Crippen LogP) is 2.21. The fourth-order valence-corrected chi connectivity index (χ4v) is 1.92. The van der Waals surface area contributed by atoms with E-state index in [2.05, 4.69) is 15.3 Å². The molecule has 0 spiro atoms. The average Bonchev–Trinajstić information content (AvgIpc) is 2.45. The monoisotopic (exact) mass is 293 g/mol. The molecule has 0 aliphatic carbocycles. The van der Waals surface area contributed by atoms with Gasteiger partial charge in [-0.05, 0) is 18.1 Å². The highest BCUT2D eigenvalue weighted by molar-refractivity contribution is 5.89. The molecular formula is C15H20FN3O2. The van der Waals surface area contributed by atoms with Crippen LogP contribution >= 0.6 is 0 Å². The van der Waals surface area contributed by atoms with Crippen LogP contribution < -0.4 is 5.32 Å². The number of ether oxygens (including phenoxy) is 1. The number of rotatable bonds is 7. The van der Waals surface area contributed by atoms with Gasteiger partial charge in [0, 0.05) is 13.2 Å². The molecule has 0 bridgehead atoms. The van der Waals surface area contributed by atoms with Crippen molar-refractivity contribution in [2.75, 3.05) is 25.1 Å². The molecule has 0 saturated heterocycles. The van der Waals surface area contributed by atoms with E-state index >= 15 is 0 Å². The third-order valence-corrected chi connectivity index (χ3v) is 2.88. The Morgan fingerprint density at radius 1 is 1.29 bits per heavy atom. The van der Waals surface area contributed by atoms with E-state index in [9.17, 15) is 9.50 Å². The van der Waals surface area contributed by atoms with E-state index in [1.807, 2.05) is 13.8 Å². The minimum atomic E-state index is -0.680. The molecule has 1 heterocycles. The van der Waals surface area contributed by atoms with Crippen LogP contribution in [0.3, 0.4) is 0 Å². The van der Waals surface area contributed by atoms with E-state index in [0.29, 0.717) is 29.2 Å². The minimum absolute atomic E-state index is 0.233. The number of anilines is 1. The molecule has 0 fully saturated rings. The second-order valence-corrected chi connectivity index (χ2v) is 5.32. The number of hydrogen-bond donors (Lipinski definition) is 2. The van der Waals surface area contributed by atoms with Crippen LogP contribution in [0.2, 0.25) is 0 Å². The van der Waals surface area contributed by atoms with Crippen LogP contribution in [0.4, 0.5) is 10.2 Å². The molecule has 1 aromatic heterocycles. The lowest BCUT2D eigenvalue weighted by atomic mass is 10.2. The number of benzene rings is 1. The third-order valence-electron chi connectivity index (χ3n) is 2.88. The fraction of sp³-hybridized carbons (Fsp3) is 0.467. The SMILES string of the molecule is CC(C)COCC(O)CNc1ncnc2cccc(F)c12. The van der Waals surface area contributed by atoms with Crippen LogP contribution in [0.25, 0.3) is 10.9 Å². The maximum atomic E-state index is 13.9. The quantitative estimate of drug-likeness (QED) is 0.819. The molecule has 1 aromatic carbocycles. The average molecular weight is 293 g/mol. The lowest BCUT2D eigenvalue weighted by Crippen LogP contribution is -2.26. The van der Waals surface area contributed by atoms with Gasteiger partial charge in [0.1, 0.15) is 18.0 Å². The maximum absolute atomic E-state index is 13.9. The van der Waals surface area contributed by atoms with Crippen LogP contribution in [0.15, 0.2) is 24.5 Å². The number of nitrogens with zero attached hydrogens (tertiary/aromatic N) is 2. The largest absolute Gasteiger partial charge is 0.389 e. The highest BCUT2D eigenvalue weighted by atomic mass is 19.1. The highest BCUT2D eigenvalue weighted by Gasteiger charge is 2.10. The van der Waals surface area contributed by atoms with Crippen molar-refractivity contribution >= 4 is 16.7 Å². The Kier molecular flexibility index (Phi) is 5.41. The van der Waals surface area contributed by atoms with Gasteiger partial charge >= 0.3 is 0 Å². The van der Waals surface area contributed by atoms with E-state index in [0.717, 1.165) is 0 Å². The van der Waals surface area contributed by atoms with Gasteiger partial charge in [0.15, 0.2) is 0 Å². The van der Waals surface area contributed by atoms with Crippen molar-refractivity contribution < 1.29 is 14.2 Å². The summed E-state index contributed by atoms with van der Waals surface area (Å²) in [4.78, 5) is 8.05. The number of hydrogen-bond acceptors (Lipinski definition) is 5. The second-order valence-electron chi connectivity index (χ2n) is 5.32. The number of fused-ring (bicyclic) bond motifs is 1. The lowest BCUT2D eigenvalue weighted by molar-refractivity contribution is 0.0317. The summed E-state index contributed by atoms with van der Waals surface area (Å²) in [6, 6.07) is 4.68. The predicted molar refractivity (Wildman–Crippen MR) is 79.6 cm³/mol. The van der Waals surface area contributed by atoms with Crippen molar-refractivity contribution in [1.29, 1.82) is 0 Å². The van der Waals surface area contributed by atoms with Crippen molar-refractivity contribution in [2.24, 2.45) is 5.92 Å². The first-order chi connectivity index (χ1) is 10.1. The normalized spacial score (nSPS) is 12.8. The van der Waals surface area contributed by atoms with Gasteiger partial charge in [0.2, 0.25) is 0 Å². The molecule has 0 amide bonds. The molecule has 21 heavy (non-hydrogen) atoms. The summed E-state index contributed by atoms with van der Waals surface area (Å²) in [5, 5.41) is 13.1. The summed E-state index contributed by atoms with van der Waals surface area (Å²) in [5.74, 6) is 0.409. The number of aromatic nitrogens is 2. The zero-order chi connectivity index (χ0) is 15.2. The van der Waals surface area contributed by atoms with Gasteiger partial charge in [-0.2, -0.15) is 0 Å². The molecule has 5 nitrogen and oxygen atoms in total. The maximum Gasteiger partial charge on any atom is 0.140 e. The van der Waals surface area contributed by atoms with Crippen LogP contribution in [-0.2, 0) is 4.74 Å². The molecule has 0 radical (unpaired) electrons. The summed E-state index contributed by atoms with van der Waals surface area (Å²) in [7, 11) is 0. The van der Waals surface area contributed by atoms with E-state index in [4.69, 9.17) is 4.74 Å². The molecule has 114 valence electrons. The fourth-order valence-electron chi connectivity index (χ4n) is 1.92. The first kappa shape index (κ1) is 15.6. The van der Waals surface area contributed by atoms with Crippen molar-refractivity contribution in [3.05, 3.63) is 30.3 Å². The van der Waals surface area contributed by atoms with Crippen molar-refractivity contribution in [3.8, 4) is 0 Å². The summed E-state index contributed by atoms with van der Waals surface area (Å²) in [5.41, 5.74) is 0.526. The third kappa shape index (κ3) is 4.34. The van der Waals surface area contributed by atoms with Gasteiger partial charge in [-0.1, -0.05) is 19.9 Å². The summed E-state index contributed by atoms with van der Waals surface area (Å²) in [6.07, 6.45) is 0.687. The molecule has 2 aromatic rings. The van der Waals surface area contributed by atoms with Gasteiger partial charge in [-0.25, -0.2) is 14.4 Å². The second kappa shape index (κ2) is 7.28. The number of aliphatic hydroxyl groups excluding tert-OH is 1. The molecular weight excluding hydrogens is 273 g/mol. The topological polar surface area (TPSA) is 67.3 Å². The van der Waals surface area contributed by atoms with Gasteiger partial charge in [0.25, 0.3) is 0 Å². The Hall–Kier alpha value is -1.79. The van der Waals surface area contributed by atoms with Crippen molar-refractivity contribution in [3.63, 3.8) is 0 Å². The van der Waals surface area contributed by atoms with E-state index < -0.39 is 6.10 Å².